The lowest BCUT2D eigenvalue weighted by molar-refractivity contribution is 0.0852. The van der Waals surface area contributed by atoms with Crippen LogP contribution in [0.3, 0.4) is 0 Å². The number of halogens is 1. The molecule has 0 unspecified atom stereocenters. The highest BCUT2D eigenvalue weighted by molar-refractivity contribution is 9.11. The normalized spacial score (nSPS) is 17.9. The van der Waals surface area contributed by atoms with Gasteiger partial charge in [0.15, 0.2) is 5.69 Å². The highest BCUT2D eigenvalue weighted by atomic mass is 79.9. The molecule has 1 saturated heterocycles. The summed E-state index contributed by atoms with van der Waals surface area (Å²) in [5.41, 5.74) is 2.15. The SMILES string of the molecule is CN1CC(NC(=O)c2ncsc2Br)C1. The number of carbonyl (C=O) groups is 1. The van der Waals surface area contributed by atoms with Gasteiger partial charge in [-0.2, -0.15) is 0 Å². The molecule has 2 heterocycles. The summed E-state index contributed by atoms with van der Waals surface area (Å²) in [5, 5.41) is 2.92. The molecule has 4 nitrogen and oxygen atoms in total. The lowest BCUT2D eigenvalue weighted by Gasteiger charge is -2.36. The Labute approximate surface area is 94.4 Å². The minimum atomic E-state index is -0.0868. The van der Waals surface area contributed by atoms with E-state index in [-0.39, 0.29) is 11.9 Å². The van der Waals surface area contributed by atoms with Crippen LogP contribution in [-0.2, 0) is 0 Å². The molecule has 2 rings (SSSR count). The van der Waals surface area contributed by atoms with E-state index < -0.39 is 0 Å². The van der Waals surface area contributed by atoms with E-state index >= 15 is 0 Å². The number of hydrogen-bond donors (Lipinski definition) is 1. The van der Waals surface area contributed by atoms with Crippen LogP contribution in [0.1, 0.15) is 10.5 Å². The first-order chi connectivity index (χ1) is 6.66. The number of nitrogens with zero attached hydrogens (tertiary/aromatic N) is 2. The van der Waals surface area contributed by atoms with Crippen molar-refractivity contribution in [1.82, 2.24) is 15.2 Å². The summed E-state index contributed by atoms with van der Waals surface area (Å²) >= 11 is 4.71. The molecule has 1 aliphatic rings. The average Bonchev–Trinajstić information content (AvgIpc) is 2.48. The zero-order chi connectivity index (χ0) is 10.1. The summed E-state index contributed by atoms with van der Waals surface area (Å²) in [6, 6.07) is 0.279. The molecule has 1 amide bonds. The van der Waals surface area contributed by atoms with Crippen molar-refractivity contribution in [3.8, 4) is 0 Å². The van der Waals surface area contributed by atoms with Gasteiger partial charge in [0.05, 0.1) is 11.6 Å². The molecule has 0 saturated carbocycles. The molecule has 1 aliphatic heterocycles. The quantitative estimate of drug-likeness (QED) is 0.874. The Kier molecular flexibility index (Phi) is 2.85. The van der Waals surface area contributed by atoms with Crippen LogP contribution in [0, 0.1) is 0 Å². The standard InChI is InChI=1S/C8H10BrN3OS/c1-12-2-5(3-12)11-8(13)6-7(9)14-4-10-6/h4-5H,2-3H2,1H3,(H,11,13). The van der Waals surface area contributed by atoms with E-state index in [1.807, 2.05) is 7.05 Å². The fraction of sp³-hybridized carbons (Fsp3) is 0.500. The molecule has 0 spiro atoms. The van der Waals surface area contributed by atoms with Gasteiger partial charge in [-0.05, 0) is 23.0 Å². The first-order valence-electron chi connectivity index (χ1n) is 4.25. The van der Waals surface area contributed by atoms with Crippen molar-refractivity contribution in [2.75, 3.05) is 20.1 Å². The van der Waals surface area contributed by atoms with Gasteiger partial charge in [-0.25, -0.2) is 4.98 Å². The fourth-order valence-electron chi connectivity index (χ4n) is 1.42. The number of amides is 1. The van der Waals surface area contributed by atoms with E-state index in [0.717, 1.165) is 16.9 Å². The van der Waals surface area contributed by atoms with Gasteiger partial charge >= 0.3 is 0 Å². The third-order valence-corrected chi connectivity index (χ3v) is 3.69. The fourth-order valence-corrected chi connectivity index (χ4v) is 2.46. The molecule has 0 radical (unpaired) electrons. The first-order valence-corrected chi connectivity index (χ1v) is 5.92. The van der Waals surface area contributed by atoms with E-state index in [0.29, 0.717) is 5.69 Å². The molecule has 14 heavy (non-hydrogen) atoms. The van der Waals surface area contributed by atoms with Crippen molar-refractivity contribution >= 4 is 33.2 Å². The van der Waals surface area contributed by atoms with Gasteiger partial charge in [0, 0.05) is 13.1 Å². The number of nitrogens with one attached hydrogen (secondary N) is 1. The van der Waals surface area contributed by atoms with E-state index in [1.54, 1.807) is 5.51 Å². The van der Waals surface area contributed by atoms with Crippen LogP contribution in [0.25, 0.3) is 0 Å². The maximum Gasteiger partial charge on any atom is 0.272 e. The predicted molar refractivity (Wildman–Crippen MR) is 58.6 cm³/mol. The molecular weight excluding hydrogens is 266 g/mol. The van der Waals surface area contributed by atoms with Crippen molar-refractivity contribution in [2.45, 2.75) is 6.04 Å². The third-order valence-electron chi connectivity index (χ3n) is 2.14. The van der Waals surface area contributed by atoms with Gasteiger partial charge in [0.1, 0.15) is 3.79 Å². The maximum absolute atomic E-state index is 11.6. The minimum Gasteiger partial charge on any atom is -0.345 e. The summed E-state index contributed by atoms with van der Waals surface area (Å²) in [6.45, 7) is 1.85. The lowest BCUT2D eigenvalue weighted by atomic mass is 10.1. The van der Waals surface area contributed by atoms with Crippen molar-refractivity contribution < 1.29 is 4.79 Å². The first kappa shape index (κ1) is 10.1. The van der Waals surface area contributed by atoms with Crippen LogP contribution in [0.4, 0.5) is 0 Å². The number of likely N-dealkylation sites (tertiary alicyclic amines) is 1. The molecule has 0 bridgehead atoms. The van der Waals surface area contributed by atoms with Crippen LogP contribution in [0.5, 0.6) is 0 Å². The zero-order valence-corrected chi connectivity index (χ0v) is 10.1. The third kappa shape index (κ3) is 1.97. The Morgan fingerprint density at radius 1 is 1.79 bits per heavy atom. The lowest BCUT2D eigenvalue weighted by Crippen LogP contribution is -2.57. The molecule has 1 aromatic heterocycles. The second-order valence-electron chi connectivity index (χ2n) is 3.37. The number of aromatic nitrogens is 1. The molecular formula is C8H10BrN3OS. The van der Waals surface area contributed by atoms with Gasteiger partial charge in [0.25, 0.3) is 5.91 Å². The van der Waals surface area contributed by atoms with E-state index in [2.05, 4.69) is 31.1 Å². The average molecular weight is 276 g/mol. The van der Waals surface area contributed by atoms with Crippen molar-refractivity contribution in [2.24, 2.45) is 0 Å². The highest BCUT2D eigenvalue weighted by Gasteiger charge is 2.26. The molecule has 76 valence electrons. The summed E-state index contributed by atoms with van der Waals surface area (Å²) < 4.78 is 0.794. The van der Waals surface area contributed by atoms with Crippen LogP contribution < -0.4 is 5.32 Å². The van der Waals surface area contributed by atoms with Crippen LogP contribution in [0.2, 0.25) is 0 Å². The highest BCUT2D eigenvalue weighted by Crippen LogP contribution is 2.20. The molecule has 6 heteroatoms. The molecule has 1 fully saturated rings. The van der Waals surface area contributed by atoms with Crippen LogP contribution in [-0.4, -0.2) is 42.0 Å². The minimum absolute atomic E-state index is 0.0868. The molecule has 0 aliphatic carbocycles. The van der Waals surface area contributed by atoms with E-state index in [4.69, 9.17) is 0 Å². The summed E-state index contributed by atoms with van der Waals surface area (Å²) in [6.07, 6.45) is 0. The van der Waals surface area contributed by atoms with Crippen LogP contribution >= 0.6 is 27.3 Å². The van der Waals surface area contributed by atoms with Crippen molar-refractivity contribution in [3.63, 3.8) is 0 Å². The predicted octanol–water partition coefficient (Wildman–Crippen LogP) is 0.949. The molecule has 1 aromatic rings. The van der Waals surface area contributed by atoms with Crippen LogP contribution in [0.15, 0.2) is 9.30 Å². The van der Waals surface area contributed by atoms with Crippen molar-refractivity contribution in [3.05, 3.63) is 15.0 Å². The maximum atomic E-state index is 11.6. The Bertz CT molecular complexity index is 348. The number of hydrogen-bond acceptors (Lipinski definition) is 4. The second-order valence-corrected chi connectivity index (χ2v) is 5.54. The zero-order valence-electron chi connectivity index (χ0n) is 7.66. The topological polar surface area (TPSA) is 45.2 Å². The number of carbonyl (C=O) groups excluding carboxylic acids is 1. The Morgan fingerprint density at radius 3 is 3.00 bits per heavy atom. The smallest absolute Gasteiger partial charge is 0.272 e. The van der Waals surface area contributed by atoms with Gasteiger partial charge in [-0.3, -0.25) is 4.79 Å². The Hall–Kier alpha value is -0.460. The van der Waals surface area contributed by atoms with Crippen molar-refractivity contribution in [1.29, 1.82) is 0 Å². The Morgan fingerprint density at radius 2 is 2.50 bits per heavy atom. The largest absolute Gasteiger partial charge is 0.345 e. The summed E-state index contributed by atoms with van der Waals surface area (Å²) in [5.74, 6) is -0.0868. The molecule has 0 aromatic carbocycles. The summed E-state index contributed by atoms with van der Waals surface area (Å²) in [7, 11) is 2.03. The summed E-state index contributed by atoms with van der Waals surface area (Å²) in [4.78, 5) is 17.8. The molecule has 0 atom stereocenters. The number of likely N-dealkylation sites (N-methyl/N-ethyl adjacent to an activating group) is 1. The van der Waals surface area contributed by atoms with Gasteiger partial charge in [0.2, 0.25) is 0 Å². The van der Waals surface area contributed by atoms with E-state index in [1.165, 1.54) is 11.3 Å². The molecule has 1 N–H and O–H groups in total. The van der Waals surface area contributed by atoms with Gasteiger partial charge in [-0.15, -0.1) is 11.3 Å². The Balaban J connectivity index is 1.93. The van der Waals surface area contributed by atoms with Gasteiger partial charge in [-0.1, -0.05) is 0 Å². The number of rotatable bonds is 2. The van der Waals surface area contributed by atoms with Gasteiger partial charge < -0.3 is 10.2 Å². The van der Waals surface area contributed by atoms with E-state index in [9.17, 15) is 4.79 Å². The number of thiazole rings is 1. The second kappa shape index (κ2) is 3.96. The monoisotopic (exact) mass is 275 g/mol.